The van der Waals surface area contributed by atoms with Crippen LogP contribution in [0.4, 0.5) is 26.3 Å². The molecule has 0 aromatic heterocycles. The van der Waals surface area contributed by atoms with Crippen LogP contribution in [0.1, 0.15) is 12.8 Å². The molecule has 0 N–H and O–H groups in total. The summed E-state index contributed by atoms with van der Waals surface area (Å²) in [5.74, 6) is -7.43. The lowest BCUT2D eigenvalue weighted by atomic mass is 10.1. The van der Waals surface area contributed by atoms with E-state index in [0.29, 0.717) is 0 Å². The first kappa shape index (κ1) is 16.8. The van der Waals surface area contributed by atoms with Crippen LogP contribution in [0, 0.1) is 5.92 Å². The van der Waals surface area contributed by atoms with Gasteiger partial charge in [0, 0.05) is 4.43 Å². The van der Waals surface area contributed by atoms with Crippen molar-refractivity contribution in [2.45, 2.75) is 31.0 Å². The number of esters is 1. The van der Waals surface area contributed by atoms with Gasteiger partial charge in [0.05, 0.1) is 12.5 Å². The molecule has 0 aromatic carbocycles. The molecule has 10 heteroatoms. The van der Waals surface area contributed by atoms with Crippen molar-refractivity contribution < 1.29 is 40.6 Å². The molecule has 0 aromatic rings. The lowest BCUT2D eigenvalue weighted by Crippen LogP contribution is -2.62. The standard InChI is InChI=1S/C9H9F6IO3/c10-8(11,12)7(9(13,14)15)18-3-1-2-5(4-16)6(17)19-7/h5H,1-4H2. The van der Waals surface area contributed by atoms with Crippen LogP contribution < -0.4 is 0 Å². The highest BCUT2D eigenvalue weighted by Crippen LogP contribution is 2.48. The van der Waals surface area contributed by atoms with Gasteiger partial charge in [0.15, 0.2) is 0 Å². The van der Waals surface area contributed by atoms with E-state index in [2.05, 4.69) is 9.47 Å². The average molecular weight is 406 g/mol. The van der Waals surface area contributed by atoms with Gasteiger partial charge in [-0.2, -0.15) is 26.3 Å². The summed E-state index contributed by atoms with van der Waals surface area (Å²) in [7, 11) is 0. The fourth-order valence-corrected chi connectivity index (χ4v) is 2.30. The SMILES string of the molecule is O=C1OC(C(F)(F)F)(C(F)(F)F)OCCCC1CI. The van der Waals surface area contributed by atoms with E-state index in [1.807, 2.05) is 0 Å². The fourth-order valence-electron chi connectivity index (χ4n) is 1.50. The zero-order valence-electron chi connectivity index (χ0n) is 9.28. The van der Waals surface area contributed by atoms with Crippen LogP contribution in [-0.2, 0) is 14.3 Å². The Kier molecular flexibility index (Phi) is 4.97. The zero-order valence-corrected chi connectivity index (χ0v) is 11.4. The lowest BCUT2D eigenvalue weighted by molar-refractivity contribution is -0.458. The van der Waals surface area contributed by atoms with E-state index >= 15 is 0 Å². The van der Waals surface area contributed by atoms with Crippen molar-refractivity contribution in [1.82, 2.24) is 0 Å². The largest absolute Gasteiger partial charge is 0.465 e. The Morgan fingerprint density at radius 2 is 1.74 bits per heavy atom. The molecule has 112 valence electrons. The highest BCUT2D eigenvalue weighted by molar-refractivity contribution is 14.1. The van der Waals surface area contributed by atoms with Crippen LogP contribution in [-0.4, -0.2) is 35.1 Å². The molecule has 0 spiro atoms. The van der Waals surface area contributed by atoms with Crippen LogP contribution >= 0.6 is 22.6 Å². The third kappa shape index (κ3) is 3.26. The molecular formula is C9H9F6IO3. The van der Waals surface area contributed by atoms with Gasteiger partial charge in [-0.05, 0) is 12.8 Å². The maximum absolute atomic E-state index is 12.7. The molecular weight excluding hydrogens is 397 g/mol. The molecule has 1 aliphatic heterocycles. The maximum Gasteiger partial charge on any atom is 0.465 e. The number of hydrogen-bond acceptors (Lipinski definition) is 3. The highest BCUT2D eigenvalue weighted by Gasteiger charge is 2.77. The molecule has 0 amide bonds. The minimum Gasteiger partial charge on any atom is -0.416 e. The Hall–Kier alpha value is -0.260. The Labute approximate surface area is 117 Å². The van der Waals surface area contributed by atoms with Crippen molar-refractivity contribution in [2.24, 2.45) is 5.92 Å². The summed E-state index contributed by atoms with van der Waals surface area (Å²) in [5, 5.41) is 0. The van der Waals surface area contributed by atoms with E-state index in [1.54, 1.807) is 22.6 Å². The Bertz CT molecular complexity index is 326. The Balaban J connectivity index is 3.18. The fraction of sp³-hybridized carbons (Fsp3) is 0.889. The first-order valence-electron chi connectivity index (χ1n) is 5.11. The minimum atomic E-state index is -5.89. The molecule has 1 fully saturated rings. The summed E-state index contributed by atoms with van der Waals surface area (Å²) in [5.41, 5.74) is 0. The third-order valence-corrected chi connectivity index (χ3v) is 3.58. The molecule has 0 aliphatic carbocycles. The van der Waals surface area contributed by atoms with Crippen molar-refractivity contribution in [2.75, 3.05) is 11.0 Å². The van der Waals surface area contributed by atoms with Gasteiger partial charge in [-0.1, -0.05) is 22.6 Å². The molecule has 0 radical (unpaired) electrons. The number of carbonyl (C=O) groups excluding carboxylic acids is 1. The van der Waals surface area contributed by atoms with Crippen LogP contribution in [0.15, 0.2) is 0 Å². The van der Waals surface area contributed by atoms with E-state index < -0.39 is 36.6 Å². The smallest absolute Gasteiger partial charge is 0.416 e. The van der Waals surface area contributed by atoms with E-state index in [9.17, 15) is 31.1 Å². The minimum absolute atomic E-state index is 0.0718. The normalized spacial score (nSPS) is 25.4. The molecule has 3 nitrogen and oxygen atoms in total. The predicted molar refractivity (Wildman–Crippen MR) is 58.5 cm³/mol. The highest BCUT2D eigenvalue weighted by atomic mass is 127. The number of halogens is 7. The van der Waals surface area contributed by atoms with Gasteiger partial charge in [-0.15, -0.1) is 0 Å². The molecule has 1 rings (SSSR count). The van der Waals surface area contributed by atoms with E-state index in [0.717, 1.165) is 0 Å². The van der Waals surface area contributed by atoms with Gasteiger partial charge in [-0.3, -0.25) is 4.79 Å². The van der Waals surface area contributed by atoms with Crippen molar-refractivity contribution >= 4 is 28.6 Å². The second-order valence-electron chi connectivity index (χ2n) is 3.88. The summed E-state index contributed by atoms with van der Waals surface area (Å²) in [4.78, 5) is 11.4. The summed E-state index contributed by atoms with van der Waals surface area (Å²) in [6, 6.07) is 0. The molecule has 1 atom stereocenters. The molecule has 0 bridgehead atoms. The summed E-state index contributed by atoms with van der Waals surface area (Å²) in [6.07, 6.45) is -11.8. The van der Waals surface area contributed by atoms with Crippen LogP contribution in [0.5, 0.6) is 0 Å². The maximum atomic E-state index is 12.7. The first-order valence-corrected chi connectivity index (χ1v) is 6.64. The van der Waals surface area contributed by atoms with Gasteiger partial charge >= 0.3 is 24.1 Å². The molecule has 1 unspecified atom stereocenters. The number of alkyl halides is 7. The quantitative estimate of drug-likeness (QED) is 0.291. The summed E-state index contributed by atoms with van der Waals surface area (Å²) < 4.78 is 83.7. The number of hydrogen-bond donors (Lipinski definition) is 0. The van der Waals surface area contributed by atoms with Crippen LogP contribution in [0.25, 0.3) is 0 Å². The summed E-state index contributed by atoms with van der Waals surface area (Å²) in [6.45, 7) is -0.792. The van der Waals surface area contributed by atoms with Crippen molar-refractivity contribution in [3.8, 4) is 0 Å². The molecule has 0 saturated carbocycles. The van der Waals surface area contributed by atoms with E-state index in [-0.39, 0.29) is 17.3 Å². The van der Waals surface area contributed by atoms with Crippen LogP contribution in [0.3, 0.4) is 0 Å². The van der Waals surface area contributed by atoms with Gasteiger partial charge < -0.3 is 9.47 Å². The summed E-state index contributed by atoms with van der Waals surface area (Å²) >= 11 is 1.70. The van der Waals surface area contributed by atoms with Crippen LogP contribution in [0.2, 0.25) is 0 Å². The average Bonchev–Trinajstić information content (AvgIpc) is 2.20. The predicted octanol–water partition coefficient (Wildman–Crippen LogP) is 3.21. The van der Waals surface area contributed by atoms with Crippen molar-refractivity contribution in [3.63, 3.8) is 0 Å². The van der Waals surface area contributed by atoms with Gasteiger partial charge in [0.1, 0.15) is 0 Å². The molecule has 1 aliphatic rings. The molecule has 19 heavy (non-hydrogen) atoms. The van der Waals surface area contributed by atoms with Gasteiger partial charge in [-0.25, -0.2) is 0 Å². The third-order valence-electron chi connectivity index (χ3n) is 2.51. The number of carbonyl (C=O) groups is 1. The second-order valence-corrected chi connectivity index (χ2v) is 4.76. The second kappa shape index (κ2) is 5.62. The number of cyclic esters (lactones) is 1. The van der Waals surface area contributed by atoms with Gasteiger partial charge in [0.25, 0.3) is 0 Å². The number of rotatable bonds is 1. The van der Waals surface area contributed by atoms with E-state index in [4.69, 9.17) is 0 Å². The van der Waals surface area contributed by atoms with E-state index in [1.165, 1.54) is 0 Å². The lowest BCUT2D eigenvalue weighted by Gasteiger charge is -2.37. The monoisotopic (exact) mass is 406 g/mol. The van der Waals surface area contributed by atoms with Gasteiger partial charge in [0.2, 0.25) is 0 Å². The topological polar surface area (TPSA) is 35.5 Å². The number of ether oxygens (including phenoxy) is 2. The van der Waals surface area contributed by atoms with Crippen molar-refractivity contribution in [1.29, 1.82) is 0 Å². The molecule has 1 saturated heterocycles. The zero-order chi connectivity index (χ0) is 14.9. The Morgan fingerprint density at radius 3 is 2.16 bits per heavy atom. The first-order chi connectivity index (χ1) is 8.55. The Morgan fingerprint density at radius 1 is 1.21 bits per heavy atom. The molecule has 1 heterocycles. The van der Waals surface area contributed by atoms with Crippen molar-refractivity contribution in [3.05, 3.63) is 0 Å².